The lowest BCUT2D eigenvalue weighted by Gasteiger charge is -2.26. The lowest BCUT2D eigenvalue weighted by atomic mass is 10.0. The van der Waals surface area contributed by atoms with Gasteiger partial charge in [-0.05, 0) is 97.5 Å². The van der Waals surface area contributed by atoms with E-state index < -0.39 is 4.92 Å². The Labute approximate surface area is 251 Å². The third-order valence-electron chi connectivity index (χ3n) is 6.88. The van der Waals surface area contributed by atoms with Crippen molar-refractivity contribution in [3.8, 4) is 11.3 Å². The molecule has 0 amide bonds. The van der Waals surface area contributed by atoms with Crippen LogP contribution in [0.15, 0.2) is 117 Å². The largest absolute Gasteiger partial charge is 0.459 e. The second-order valence-corrected chi connectivity index (χ2v) is 11.5. The van der Waals surface area contributed by atoms with Crippen LogP contribution in [0.25, 0.3) is 11.3 Å². The van der Waals surface area contributed by atoms with Crippen LogP contribution in [-0.2, 0) is 0 Å². The summed E-state index contributed by atoms with van der Waals surface area (Å²) in [6, 6.07) is 29.6. The molecule has 0 unspecified atom stereocenters. The Morgan fingerprint density at radius 1 is 1.00 bits per heavy atom. The van der Waals surface area contributed by atoms with E-state index in [4.69, 9.17) is 28.2 Å². The number of thiocarbonyl (C=S) groups is 1. The maximum Gasteiger partial charge on any atom is 0.269 e. The molecule has 41 heavy (non-hydrogen) atoms. The van der Waals surface area contributed by atoms with Crippen molar-refractivity contribution in [3.63, 3.8) is 0 Å². The van der Waals surface area contributed by atoms with Crippen LogP contribution < -0.4 is 10.2 Å². The van der Waals surface area contributed by atoms with Gasteiger partial charge < -0.3 is 14.6 Å². The molecule has 1 saturated heterocycles. The van der Waals surface area contributed by atoms with Crippen LogP contribution in [0.2, 0.25) is 5.02 Å². The van der Waals surface area contributed by atoms with E-state index in [2.05, 4.69) is 15.2 Å². The topological polar surface area (TPSA) is 84.4 Å². The van der Waals surface area contributed by atoms with Gasteiger partial charge in [0.15, 0.2) is 5.11 Å². The third kappa shape index (κ3) is 5.56. The van der Waals surface area contributed by atoms with Gasteiger partial charge >= 0.3 is 0 Å². The molecule has 1 N–H and O–H groups in total. The molecule has 3 heterocycles. The van der Waals surface area contributed by atoms with Crippen LogP contribution in [0.3, 0.4) is 0 Å². The van der Waals surface area contributed by atoms with E-state index in [0.29, 0.717) is 10.1 Å². The molecule has 3 aromatic carbocycles. The number of benzene rings is 3. The van der Waals surface area contributed by atoms with E-state index in [1.807, 2.05) is 79.7 Å². The second kappa shape index (κ2) is 11.4. The van der Waals surface area contributed by atoms with Gasteiger partial charge in [0.2, 0.25) is 0 Å². The zero-order valence-electron chi connectivity index (χ0n) is 21.7. The van der Waals surface area contributed by atoms with E-state index in [0.717, 1.165) is 43.8 Å². The van der Waals surface area contributed by atoms with E-state index >= 15 is 0 Å². The molecule has 5 aromatic rings. The third-order valence-corrected chi connectivity index (χ3v) is 8.44. The van der Waals surface area contributed by atoms with E-state index in [1.165, 1.54) is 23.9 Å². The summed E-state index contributed by atoms with van der Waals surface area (Å²) < 4.78 is 6.49. The molecule has 1 aliphatic rings. The molecule has 0 radical (unpaired) electrons. The summed E-state index contributed by atoms with van der Waals surface area (Å²) in [6.07, 6.45) is 1.77. The van der Waals surface area contributed by atoms with Crippen LogP contribution in [0, 0.1) is 17.0 Å². The Hall–Kier alpha value is -4.18. The fourth-order valence-electron chi connectivity index (χ4n) is 4.88. The average molecular weight is 599 g/mol. The van der Waals surface area contributed by atoms with Crippen molar-refractivity contribution >= 4 is 52.1 Å². The fraction of sp³-hybridized carbons (Fsp3) is 0.0968. The maximum absolute atomic E-state index is 11.0. The van der Waals surface area contributed by atoms with E-state index in [-0.39, 0.29) is 17.8 Å². The number of hydrogen-bond donors (Lipinski definition) is 1. The van der Waals surface area contributed by atoms with Crippen LogP contribution in [0.4, 0.5) is 11.4 Å². The van der Waals surface area contributed by atoms with Crippen molar-refractivity contribution in [2.75, 3.05) is 4.90 Å². The van der Waals surface area contributed by atoms with Crippen LogP contribution in [0.5, 0.6) is 0 Å². The minimum Gasteiger partial charge on any atom is -0.459 e. The van der Waals surface area contributed by atoms with Crippen molar-refractivity contribution < 1.29 is 9.34 Å². The fourth-order valence-corrected chi connectivity index (χ4v) is 6.22. The summed E-state index contributed by atoms with van der Waals surface area (Å²) in [5.41, 5.74) is 3.82. The molecule has 2 atom stereocenters. The Bertz CT molecular complexity index is 1730. The zero-order chi connectivity index (χ0) is 28.5. The minimum atomic E-state index is -0.400. The smallest absolute Gasteiger partial charge is 0.269 e. The number of nitrogens with zero attached hydrogens (tertiary/aromatic N) is 3. The monoisotopic (exact) mass is 598 g/mol. The number of anilines is 1. The Balaban J connectivity index is 1.33. The Morgan fingerprint density at radius 2 is 1.73 bits per heavy atom. The quantitative estimate of drug-likeness (QED) is 0.113. The first kappa shape index (κ1) is 27.0. The van der Waals surface area contributed by atoms with Crippen LogP contribution in [-0.4, -0.2) is 15.0 Å². The van der Waals surface area contributed by atoms with Gasteiger partial charge in [-0.3, -0.25) is 15.1 Å². The number of nitro benzene ring substituents is 1. The lowest BCUT2D eigenvalue weighted by Crippen LogP contribution is -2.29. The van der Waals surface area contributed by atoms with Gasteiger partial charge in [0, 0.05) is 44.4 Å². The highest BCUT2D eigenvalue weighted by molar-refractivity contribution is 7.99. The lowest BCUT2D eigenvalue weighted by molar-refractivity contribution is -0.384. The molecule has 10 heteroatoms. The molecular weight excluding hydrogens is 576 g/mol. The maximum atomic E-state index is 11.0. The SMILES string of the molecule is Cc1ccc(Cl)cc1-c1ccc([C@@H]2[C@@H](c3ccccn3)NC(=S)N2c2ccc(Sc3ccc([N+](=O)[O-])cc3)cc2)o1. The summed E-state index contributed by atoms with van der Waals surface area (Å²) >= 11 is 13.7. The zero-order valence-corrected chi connectivity index (χ0v) is 24.1. The first-order valence-electron chi connectivity index (χ1n) is 12.8. The Morgan fingerprint density at radius 3 is 2.41 bits per heavy atom. The highest BCUT2D eigenvalue weighted by Gasteiger charge is 2.42. The van der Waals surface area contributed by atoms with Crippen LogP contribution >= 0.6 is 35.6 Å². The normalized spacial score (nSPS) is 16.5. The van der Waals surface area contributed by atoms with E-state index in [9.17, 15) is 10.1 Å². The summed E-state index contributed by atoms with van der Waals surface area (Å²) in [4.78, 5) is 19.1. The summed E-state index contributed by atoms with van der Waals surface area (Å²) in [5, 5.41) is 15.6. The number of aromatic nitrogens is 1. The number of non-ortho nitro benzene ring substituents is 1. The molecule has 204 valence electrons. The van der Waals surface area contributed by atoms with Crippen molar-refractivity contribution in [2.45, 2.75) is 28.8 Å². The summed E-state index contributed by atoms with van der Waals surface area (Å²) in [5.74, 6) is 1.47. The molecule has 6 rings (SSSR count). The Kier molecular flexibility index (Phi) is 7.49. The number of aryl methyl sites for hydroxylation is 1. The van der Waals surface area contributed by atoms with Gasteiger partial charge in [-0.2, -0.15) is 0 Å². The number of nitrogens with one attached hydrogen (secondary N) is 1. The number of hydrogen-bond acceptors (Lipinski definition) is 6. The van der Waals surface area contributed by atoms with Gasteiger partial charge in [0.25, 0.3) is 5.69 Å². The number of halogens is 1. The van der Waals surface area contributed by atoms with Gasteiger partial charge in [0.1, 0.15) is 17.6 Å². The van der Waals surface area contributed by atoms with Gasteiger partial charge in [-0.15, -0.1) is 0 Å². The number of nitro groups is 1. The number of furan rings is 1. The van der Waals surface area contributed by atoms with Crippen molar-refractivity contribution in [2.24, 2.45) is 0 Å². The standard InChI is InChI=1S/C31H23ClN4O3S2/c1-19-5-6-20(32)18-25(19)27-15-16-28(39-27)30-29(26-4-2-3-17-33-26)34-31(40)35(30)21-7-11-23(12-8-21)41-24-13-9-22(10-14-24)36(37)38/h2-18,29-30H,1H3,(H,34,40)/t29-,30-/m1/s1. The molecule has 0 aliphatic carbocycles. The average Bonchev–Trinajstić information content (AvgIpc) is 3.60. The number of rotatable bonds is 7. The second-order valence-electron chi connectivity index (χ2n) is 9.50. The summed E-state index contributed by atoms with van der Waals surface area (Å²) in [7, 11) is 0. The molecule has 0 saturated carbocycles. The molecular formula is C31H23ClN4O3S2. The molecule has 1 fully saturated rings. The first-order chi connectivity index (χ1) is 19.9. The van der Waals surface area contributed by atoms with E-state index in [1.54, 1.807) is 18.3 Å². The molecule has 1 aliphatic heterocycles. The predicted molar refractivity (Wildman–Crippen MR) is 165 cm³/mol. The number of pyridine rings is 1. The highest BCUT2D eigenvalue weighted by atomic mass is 35.5. The van der Waals surface area contributed by atoms with Crippen molar-refractivity contribution in [3.05, 3.63) is 135 Å². The van der Waals surface area contributed by atoms with Gasteiger partial charge in [-0.1, -0.05) is 35.5 Å². The minimum absolute atomic E-state index is 0.0693. The predicted octanol–water partition coefficient (Wildman–Crippen LogP) is 8.54. The first-order valence-corrected chi connectivity index (χ1v) is 14.4. The van der Waals surface area contributed by atoms with Crippen LogP contribution in [0.1, 0.15) is 29.1 Å². The van der Waals surface area contributed by atoms with Crippen molar-refractivity contribution in [1.29, 1.82) is 0 Å². The van der Waals surface area contributed by atoms with Crippen molar-refractivity contribution in [1.82, 2.24) is 10.3 Å². The highest BCUT2D eigenvalue weighted by Crippen LogP contribution is 2.44. The van der Waals surface area contributed by atoms with Gasteiger partial charge in [-0.25, -0.2) is 0 Å². The molecule has 2 aromatic heterocycles. The molecule has 7 nitrogen and oxygen atoms in total. The summed E-state index contributed by atoms with van der Waals surface area (Å²) in [6.45, 7) is 2.03. The molecule has 0 bridgehead atoms. The molecule has 0 spiro atoms. The van der Waals surface area contributed by atoms with Gasteiger partial charge in [0.05, 0.1) is 16.7 Å².